The molecule has 3 heterocycles. The maximum absolute atomic E-state index is 11.2. The lowest BCUT2D eigenvalue weighted by Crippen LogP contribution is -2.40. The largest absolute Gasteiger partial charge is 0.369 e. The number of piperidine rings is 1. The van der Waals surface area contributed by atoms with E-state index < -0.39 is 0 Å². The molecule has 0 spiro atoms. The minimum Gasteiger partial charge on any atom is -0.369 e. The summed E-state index contributed by atoms with van der Waals surface area (Å²) in [7, 11) is 2.00. The first-order chi connectivity index (χ1) is 13.1. The number of primary amides is 1. The van der Waals surface area contributed by atoms with Crippen molar-refractivity contribution in [2.45, 2.75) is 18.9 Å². The van der Waals surface area contributed by atoms with Crippen molar-refractivity contribution in [3.8, 4) is 22.8 Å². The molecule has 1 saturated heterocycles. The summed E-state index contributed by atoms with van der Waals surface area (Å²) in [5.41, 5.74) is 8.41. The topological polar surface area (TPSA) is 82.0 Å². The van der Waals surface area contributed by atoms with E-state index in [1.54, 1.807) is 0 Å². The lowest BCUT2D eigenvalue weighted by molar-refractivity contribution is -0.119. The van der Waals surface area contributed by atoms with Crippen LogP contribution in [0.1, 0.15) is 18.9 Å². The third-order valence-electron chi connectivity index (χ3n) is 5.20. The standard InChI is InChI=1S/C20H24N6O/c1-24-12-9-22-20(24)19-18(15-5-3-2-4-6-15)23-14-26(19)16-7-10-25(11-8-16)13-17(21)27/h2-6,9,12,14,16H,7-8,10-11,13H2,1H3,(H2,21,27). The summed E-state index contributed by atoms with van der Waals surface area (Å²) >= 11 is 0. The summed E-state index contributed by atoms with van der Waals surface area (Å²) in [4.78, 5) is 22.6. The Morgan fingerprint density at radius 1 is 1.19 bits per heavy atom. The number of rotatable bonds is 5. The molecule has 2 aromatic heterocycles. The van der Waals surface area contributed by atoms with E-state index in [1.165, 1.54) is 0 Å². The Hall–Kier alpha value is -2.93. The molecule has 7 nitrogen and oxygen atoms in total. The van der Waals surface area contributed by atoms with Crippen LogP contribution in [-0.4, -0.2) is 49.5 Å². The first kappa shape index (κ1) is 17.5. The van der Waals surface area contributed by atoms with E-state index in [1.807, 2.05) is 48.5 Å². The molecular weight excluding hydrogens is 340 g/mol. The number of hydrogen-bond donors (Lipinski definition) is 1. The lowest BCUT2D eigenvalue weighted by atomic mass is 10.0. The van der Waals surface area contributed by atoms with Gasteiger partial charge in [0.1, 0.15) is 5.69 Å². The van der Waals surface area contributed by atoms with Gasteiger partial charge in [-0.25, -0.2) is 9.97 Å². The van der Waals surface area contributed by atoms with Crippen LogP contribution in [0.4, 0.5) is 0 Å². The number of amides is 1. The first-order valence-electron chi connectivity index (χ1n) is 9.24. The summed E-state index contributed by atoms with van der Waals surface area (Å²) in [6.07, 6.45) is 7.61. The molecule has 27 heavy (non-hydrogen) atoms. The SMILES string of the molecule is Cn1ccnc1-c1c(-c2ccccc2)ncn1C1CCN(CC(N)=O)CC1. The zero-order chi connectivity index (χ0) is 18.8. The fourth-order valence-electron chi connectivity index (χ4n) is 3.84. The maximum Gasteiger partial charge on any atom is 0.231 e. The molecule has 0 radical (unpaired) electrons. The van der Waals surface area contributed by atoms with Gasteiger partial charge >= 0.3 is 0 Å². The number of carbonyl (C=O) groups is 1. The van der Waals surface area contributed by atoms with Gasteiger partial charge in [-0.15, -0.1) is 0 Å². The van der Waals surface area contributed by atoms with E-state index in [-0.39, 0.29) is 5.91 Å². The van der Waals surface area contributed by atoms with Crippen LogP contribution in [0, 0.1) is 0 Å². The molecule has 1 aliphatic rings. The number of likely N-dealkylation sites (tertiary alicyclic amines) is 1. The average molecular weight is 364 g/mol. The smallest absolute Gasteiger partial charge is 0.231 e. The van der Waals surface area contributed by atoms with Gasteiger partial charge in [0.05, 0.1) is 18.6 Å². The van der Waals surface area contributed by atoms with Crippen molar-refractivity contribution < 1.29 is 4.79 Å². The van der Waals surface area contributed by atoms with Gasteiger partial charge in [-0.2, -0.15) is 0 Å². The van der Waals surface area contributed by atoms with E-state index in [0.717, 1.165) is 48.7 Å². The molecule has 1 amide bonds. The highest BCUT2D eigenvalue weighted by molar-refractivity contribution is 5.76. The Morgan fingerprint density at radius 2 is 1.93 bits per heavy atom. The molecule has 140 valence electrons. The second-order valence-corrected chi connectivity index (χ2v) is 7.05. The van der Waals surface area contributed by atoms with Crippen molar-refractivity contribution in [2.24, 2.45) is 12.8 Å². The molecular formula is C20H24N6O. The summed E-state index contributed by atoms with van der Waals surface area (Å²) in [5.74, 6) is 0.641. The quantitative estimate of drug-likeness (QED) is 0.751. The van der Waals surface area contributed by atoms with Gasteiger partial charge in [0.2, 0.25) is 5.91 Å². The third-order valence-corrected chi connectivity index (χ3v) is 5.20. The van der Waals surface area contributed by atoms with Crippen molar-refractivity contribution in [1.29, 1.82) is 0 Å². The van der Waals surface area contributed by atoms with Gasteiger partial charge in [-0.05, 0) is 12.8 Å². The minimum atomic E-state index is -0.267. The van der Waals surface area contributed by atoms with Crippen LogP contribution in [0.5, 0.6) is 0 Å². The van der Waals surface area contributed by atoms with Crippen molar-refractivity contribution in [2.75, 3.05) is 19.6 Å². The Bertz CT molecular complexity index is 921. The molecule has 7 heteroatoms. The predicted octanol–water partition coefficient (Wildman–Crippen LogP) is 2.07. The van der Waals surface area contributed by atoms with Gasteiger partial charge in [-0.1, -0.05) is 30.3 Å². The van der Waals surface area contributed by atoms with E-state index in [0.29, 0.717) is 12.6 Å². The van der Waals surface area contributed by atoms with Crippen LogP contribution in [0.25, 0.3) is 22.8 Å². The minimum absolute atomic E-state index is 0.267. The lowest BCUT2D eigenvalue weighted by Gasteiger charge is -2.32. The number of nitrogens with two attached hydrogens (primary N) is 1. The average Bonchev–Trinajstić information content (AvgIpc) is 3.28. The Labute approximate surface area is 158 Å². The van der Waals surface area contributed by atoms with Crippen molar-refractivity contribution >= 4 is 5.91 Å². The monoisotopic (exact) mass is 364 g/mol. The first-order valence-corrected chi connectivity index (χ1v) is 9.24. The molecule has 0 aliphatic carbocycles. The summed E-state index contributed by atoms with van der Waals surface area (Å²) in [6.45, 7) is 2.04. The number of imidazole rings is 2. The van der Waals surface area contributed by atoms with Crippen LogP contribution in [0.2, 0.25) is 0 Å². The number of hydrogen-bond acceptors (Lipinski definition) is 4. The Morgan fingerprint density at radius 3 is 2.56 bits per heavy atom. The normalized spacial score (nSPS) is 15.9. The Kier molecular flexibility index (Phi) is 4.77. The van der Waals surface area contributed by atoms with Crippen LogP contribution in [0.15, 0.2) is 49.1 Å². The van der Waals surface area contributed by atoms with Crippen molar-refractivity contribution in [3.05, 3.63) is 49.1 Å². The fourth-order valence-corrected chi connectivity index (χ4v) is 3.84. The molecule has 0 saturated carbocycles. The highest BCUT2D eigenvalue weighted by atomic mass is 16.1. The fraction of sp³-hybridized carbons (Fsp3) is 0.350. The second kappa shape index (κ2) is 7.36. The maximum atomic E-state index is 11.2. The van der Waals surface area contributed by atoms with Crippen molar-refractivity contribution in [3.63, 3.8) is 0 Å². The molecule has 1 fully saturated rings. The van der Waals surface area contributed by atoms with E-state index >= 15 is 0 Å². The van der Waals surface area contributed by atoms with Crippen LogP contribution in [0.3, 0.4) is 0 Å². The van der Waals surface area contributed by atoms with Gasteiger partial charge in [-0.3, -0.25) is 9.69 Å². The second-order valence-electron chi connectivity index (χ2n) is 7.05. The van der Waals surface area contributed by atoms with Crippen LogP contribution in [-0.2, 0) is 11.8 Å². The third kappa shape index (κ3) is 3.50. The van der Waals surface area contributed by atoms with Gasteiger partial charge in [0.15, 0.2) is 5.82 Å². The van der Waals surface area contributed by atoms with Crippen LogP contribution >= 0.6 is 0 Å². The highest BCUT2D eigenvalue weighted by Gasteiger charge is 2.26. The number of aryl methyl sites for hydroxylation is 1. The Balaban J connectivity index is 1.69. The molecule has 0 unspecified atom stereocenters. The van der Waals surface area contributed by atoms with E-state index in [2.05, 4.69) is 26.6 Å². The molecule has 0 bridgehead atoms. The number of aromatic nitrogens is 4. The van der Waals surface area contributed by atoms with Crippen LogP contribution < -0.4 is 5.73 Å². The number of nitrogens with zero attached hydrogens (tertiary/aromatic N) is 5. The summed E-state index contributed by atoms with van der Waals surface area (Å²) < 4.78 is 4.29. The zero-order valence-corrected chi connectivity index (χ0v) is 15.5. The number of carbonyl (C=O) groups excluding carboxylic acids is 1. The van der Waals surface area contributed by atoms with E-state index in [4.69, 9.17) is 10.7 Å². The van der Waals surface area contributed by atoms with Crippen molar-refractivity contribution in [1.82, 2.24) is 24.0 Å². The summed E-state index contributed by atoms with van der Waals surface area (Å²) in [6, 6.07) is 10.5. The molecule has 1 aromatic carbocycles. The summed E-state index contributed by atoms with van der Waals surface area (Å²) in [5, 5.41) is 0. The van der Waals surface area contributed by atoms with E-state index in [9.17, 15) is 4.79 Å². The molecule has 2 N–H and O–H groups in total. The molecule has 1 aliphatic heterocycles. The van der Waals surface area contributed by atoms with Gasteiger partial charge in [0.25, 0.3) is 0 Å². The highest BCUT2D eigenvalue weighted by Crippen LogP contribution is 2.35. The zero-order valence-electron chi connectivity index (χ0n) is 15.5. The molecule has 4 rings (SSSR count). The number of benzene rings is 1. The van der Waals surface area contributed by atoms with Gasteiger partial charge < -0.3 is 14.9 Å². The molecule has 3 aromatic rings. The predicted molar refractivity (Wildman–Crippen MR) is 104 cm³/mol. The van der Waals surface area contributed by atoms with Gasteiger partial charge in [0, 0.05) is 44.1 Å². The molecule has 0 atom stereocenters.